The van der Waals surface area contributed by atoms with E-state index in [1.807, 2.05) is 0 Å². The average Bonchev–Trinajstić information content (AvgIpc) is 2.49. The van der Waals surface area contributed by atoms with Gasteiger partial charge < -0.3 is 5.11 Å². The summed E-state index contributed by atoms with van der Waals surface area (Å²) in [5.41, 5.74) is 1.37. The van der Waals surface area contributed by atoms with Gasteiger partial charge in [0.25, 0.3) is 0 Å². The van der Waals surface area contributed by atoms with Gasteiger partial charge in [-0.15, -0.1) is 0 Å². The van der Waals surface area contributed by atoms with Crippen molar-refractivity contribution < 1.29 is 22.3 Å². The van der Waals surface area contributed by atoms with Gasteiger partial charge in [0.1, 0.15) is 33.3 Å². The van der Waals surface area contributed by atoms with Crippen molar-refractivity contribution in [3.8, 4) is 11.8 Å². The van der Waals surface area contributed by atoms with Crippen LogP contribution in [0.1, 0.15) is 16.7 Å². The fourth-order valence-corrected chi connectivity index (χ4v) is 3.42. The van der Waals surface area contributed by atoms with Crippen LogP contribution in [0.15, 0.2) is 40.1 Å². The molecule has 2 rings (SSSR count). The molecular weight excluding hydrogens is 336 g/mol. The van der Waals surface area contributed by atoms with E-state index in [1.54, 1.807) is 13.8 Å². The normalized spacial score (nSPS) is 12.0. The van der Waals surface area contributed by atoms with Gasteiger partial charge in [-0.2, -0.15) is 5.26 Å². The monoisotopic (exact) mass is 349 g/mol. The molecule has 0 spiro atoms. The first-order valence-electron chi connectivity index (χ1n) is 6.79. The molecule has 0 heterocycles. The number of sulfone groups is 1. The first kappa shape index (κ1) is 17.6. The molecule has 0 fully saturated rings. The number of hydrogen-bond donors (Lipinski definition) is 1. The van der Waals surface area contributed by atoms with Crippen molar-refractivity contribution in [1.29, 1.82) is 5.26 Å². The van der Waals surface area contributed by atoms with E-state index in [0.717, 1.165) is 18.2 Å². The first-order valence-corrected chi connectivity index (χ1v) is 8.27. The molecule has 0 radical (unpaired) electrons. The lowest BCUT2D eigenvalue weighted by molar-refractivity contribution is 0.467. The van der Waals surface area contributed by atoms with Crippen molar-refractivity contribution in [3.05, 3.63) is 63.6 Å². The Hall–Kier alpha value is -2.72. The number of halogens is 2. The van der Waals surface area contributed by atoms with Crippen LogP contribution in [0, 0.1) is 36.8 Å². The average molecular weight is 349 g/mol. The third kappa shape index (κ3) is 3.29. The van der Waals surface area contributed by atoms with E-state index in [1.165, 1.54) is 18.2 Å². The van der Waals surface area contributed by atoms with E-state index in [2.05, 4.69) is 0 Å². The number of rotatable bonds is 3. The molecular formula is C17H13F2NO3S. The van der Waals surface area contributed by atoms with E-state index in [-0.39, 0.29) is 5.75 Å². The molecule has 24 heavy (non-hydrogen) atoms. The standard InChI is InChI=1S/C17H13F2NO3S/c1-10-5-12(6-11(2)17(10)21)7-14(9-20)24(22,23)16-4-3-13(18)8-15(16)19/h3-8,21H,1-2H3/b14-7-. The van der Waals surface area contributed by atoms with Gasteiger partial charge in [0.15, 0.2) is 0 Å². The Balaban J connectivity index is 2.61. The van der Waals surface area contributed by atoms with Crippen molar-refractivity contribution in [2.45, 2.75) is 18.7 Å². The minimum absolute atomic E-state index is 0.0677. The van der Waals surface area contributed by atoms with Crippen LogP contribution >= 0.6 is 0 Å². The van der Waals surface area contributed by atoms with Gasteiger partial charge in [0.05, 0.1) is 0 Å². The number of allylic oxidation sites excluding steroid dienone is 1. The zero-order valence-electron chi connectivity index (χ0n) is 12.8. The molecule has 0 aliphatic heterocycles. The van der Waals surface area contributed by atoms with E-state index in [0.29, 0.717) is 22.8 Å². The Morgan fingerprint density at radius 3 is 2.25 bits per heavy atom. The number of benzene rings is 2. The first-order chi connectivity index (χ1) is 11.2. The number of nitrogens with zero attached hydrogens (tertiary/aromatic N) is 1. The summed E-state index contributed by atoms with van der Waals surface area (Å²) in [5, 5.41) is 18.9. The minimum atomic E-state index is -4.44. The summed E-state index contributed by atoms with van der Waals surface area (Å²) in [6.45, 7) is 3.25. The lowest BCUT2D eigenvalue weighted by atomic mass is 10.1. The number of aryl methyl sites for hydroxylation is 2. The molecule has 124 valence electrons. The van der Waals surface area contributed by atoms with Gasteiger partial charge in [-0.05, 0) is 60.9 Å². The number of phenols is 1. The van der Waals surface area contributed by atoms with Crippen LogP contribution in [0.25, 0.3) is 6.08 Å². The van der Waals surface area contributed by atoms with E-state index in [9.17, 15) is 27.6 Å². The summed E-state index contributed by atoms with van der Waals surface area (Å²) < 4.78 is 51.6. The molecule has 0 aliphatic carbocycles. The van der Waals surface area contributed by atoms with Gasteiger partial charge in [0.2, 0.25) is 9.84 Å². The topological polar surface area (TPSA) is 78.2 Å². The molecule has 1 N–H and O–H groups in total. The van der Waals surface area contributed by atoms with Crippen molar-refractivity contribution in [1.82, 2.24) is 0 Å². The Labute approximate surface area is 138 Å². The minimum Gasteiger partial charge on any atom is -0.507 e. The van der Waals surface area contributed by atoms with E-state index < -0.39 is 31.3 Å². The van der Waals surface area contributed by atoms with Crippen LogP contribution in [0.4, 0.5) is 8.78 Å². The maximum Gasteiger partial charge on any atom is 0.219 e. The van der Waals surface area contributed by atoms with Crippen LogP contribution in [-0.2, 0) is 9.84 Å². The second kappa shape index (κ2) is 6.42. The second-order valence-corrected chi connectivity index (χ2v) is 7.09. The van der Waals surface area contributed by atoms with Crippen LogP contribution in [0.2, 0.25) is 0 Å². The smallest absolute Gasteiger partial charge is 0.219 e. The number of phenolic OH excluding ortho intramolecular Hbond substituents is 1. The Morgan fingerprint density at radius 1 is 1.17 bits per heavy atom. The number of aromatic hydroxyl groups is 1. The highest BCUT2D eigenvalue weighted by molar-refractivity contribution is 7.95. The highest BCUT2D eigenvalue weighted by Crippen LogP contribution is 2.27. The third-order valence-electron chi connectivity index (χ3n) is 3.39. The summed E-state index contributed by atoms with van der Waals surface area (Å²) in [6, 6.07) is 6.55. The fraction of sp³-hybridized carbons (Fsp3) is 0.118. The molecule has 7 heteroatoms. The van der Waals surface area contributed by atoms with Crippen molar-refractivity contribution in [3.63, 3.8) is 0 Å². The predicted octanol–water partition coefficient (Wildman–Crippen LogP) is 3.63. The molecule has 0 amide bonds. The lowest BCUT2D eigenvalue weighted by Crippen LogP contribution is -2.06. The maximum absolute atomic E-state index is 13.8. The van der Waals surface area contributed by atoms with Crippen LogP contribution < -0.4 is 0 Å². The summed E-state index contributed by atoms with van der Waals surface area (Å²) in [5.74, 6) is -2.12. The van der Waals surface area contributed by atoms with Crippen molar-refractivity contribution in [2.24, 2.45) is 0 Å². The summed E-state index contributed by atoms with van der Waals surface area (Å²) in [4.78, 5) is -1.46. The molecule has 0 unspecified atom stereocenters. The third-order valence-corrected chi connectivity index (χ3v) is 5.09. The summed E-state index contributed by atoms with van der Waals surface area (Å²) in [7, 11) is -4.44. The Kier molecular flexibility index (Phi) is 4.71. The molecule has 0 saturated carbocycles. The molecule has 2 aromatic carbocycles. The maximum atomic E-state index is 13.8. The molecule has 4 nitrogen and oxygen atoms in total. The molecule has 0 aromatic heterocycles. The summed E-state index contributed by atoms with van der Waals surface area (Å²) in [6.07, 6.45) is 1.08. The summed E-state index contributed by atoms with van der Waals surface area (Å²) >= 11 is 0. The molecule has 0 saturated heterocycles. The van der Waals surface area contributed by atoms with Gasteiger partial charge in [-0.3, -0.25) is 0 Å². The van der Waals surface area contributed by atoms with E-state index in [4.69, 9.17) is 0 Å². The SMILES string of the molecule is Cc1cc(/C=C(/C#N)S(=O)(=O)c2ccc(F)cc2F)cc(C)c1O. The van der Waals surface area contributed by atoms with Crippen LogP contribution in [0.3, 0.4) is 0 Å². The zero-order valence-corrected chi connectivity index (χ0v) is 13.7. The van der Waals surface area contributed by atoms with E-state index >= 15 is 0 Å². The second-order valence-electron chi connectivity index (χ2n) is 5.20. The number of hydrogen-bond acceptors (Lipinski definition) is 4. The number of nitriles is 1. The van der Waals surface area contributed by atoms with Gasteiger partial charge >= 0.3 is 0 Å². The van der Waals surface area contributed by atoms with Crippen molar-refractivity contribution in [2.75, 3.05) is 0 Å². The lowest BCUT2D eigenvalue weighted by Gasteiger charge is -2.07. The van der Waals surface area contributed by atoms with Gasteiger partial charge in [-0.25, -0.2) is 17.2 Å². The molecule has 0 aliphatic rings. The zero-order chi connectivity index (χ0) is 18.1. The highest BCUT2D eigenvalue weighted by atomic mass is 32.2. The molecule has 0 atom stereocenters. The van der Waals surface area contributed by atoms with Crippen LogP contribution in [0.5, 0.6) is 5.75 Å². The predicted molar refractivity (Wildman–Crippen MR) is 84.7 cm³/mol. The van der Waals surface area contributed by atoms with Crippen molar-refractivity contribution >= 4 is 15.9 Å². The van der Waals surface area contributed by atoms with Gasteiger partial charge in [-0.1, -0.05) is 0 Å². The highest BCUT2D eigenvalue weighted by Gasteiger charge is 2.25. The van der Waals surface area contributed by atoms with Crippen LogP contribution in [-0.4, -0.2) is 13.5 Å². The quantitative estimate of drug-likeness (QED) is 0.678. The Bertz CT molecular complexity index is 966. The molecule has 0 bridgehead atoms. The Morgan fingerprint density at radius 2 is 1.75 bits per heavy atom. The largest absolute Gasteiger partial charge is 0.507 e. The van der Waals surface area contributed by atoms with Gasteiger partial charge in [0, 0.05) is 6.07 Å². The fourth-order valence-electron chi connectivity index (χ4n) is 2.21. The molecule has 2 aromatic rings.